The van der Waals surface area contributed by atoms with Gasteiger partial charge in [0.15, 0.2) is 5.13 Å². The van der Waals surface area contributed by atoms with E-state index in [1.807, 2.05) is 4.90 Å². The number of primary amides is 1. The quantitative estimate of drug-likeness (QED) is 0.867. The van der Waals surface area contributed by atoms with Gasteiger partial charge in [0.25, 0.3) is 0 Å². The van der Waals surface area contributed by atoms with Crippen LogP contribution < -0.4 is 10.6 Å². The molecule has 1 aliphatic heterocycles. The molecular weight excluding hydrogens is 262 g/mol. The number of carbonyl (C=O) groups is 1. The Labute approximate surface area is 108 Å². The van der Waals surface area contributed by atoms with Crippen molar-refractivity contribution in [2.45, 2.75) is 31.9 Å². The number of nitrogens with zero attached hydrogens (tertiary/aromatic N) is 2. The van der Waals surface area contributed by atoms with Crippen LogP contribution in [0.25, 0.3) is 0 Å². The molecule has 7 heteroatoms. The minimum absolute atomic E-state index is 0.133. The van der Waals surface area contributed by atoms with Gasteiger partial charge in [-0.05, 0) is 19.3 Å². The van der Waals surface area contributed by atoms with Crippen molar-refractivity contribution in [1.82, 2.24) is 4.98 Å². The number of hydrogen-bond acceptors (Lipinski definition) is 5. The average molecular weight is 276 g/mol. The zero-order chi connectivity index (χ0) is 12.4. The molecular formula is C10H14ClN3O2S. The molecule has 1 aromatic rings. The minimum Gasteiger partial charge on any atom is -0.391 e. The normalized spacial score (nSPS) is 20.6. The van der Waals surface area contributed by atoms with Crippen LogP contribution in [0.2, 0.25) is 5.15 Å². The summed E-state index contributed by atoms with van der Waals surface area (Å²) in [6, 6.07) is -0.308. The number of amides is 1. The number of nitrogens with two attached hydrogens (primary N) is 1. The summed E-state index contributed by atoms with van der Waals surface area (Å²) in [5.74, 6) is -0.332. The van der Waals surface area contributed by atoms with E-state index in [0.29, 0.717) is 15.2 Å². The van der Waals surface area contributed by atoms with Crippen molar-refractivity contribution >= 4 is 34.0 Å². The van der Waals surface area contributed by atoms with Crippen LogP contribution in [-0.2, 0) is 11.4 Å². The topological polar surface area (TPSA) is 79.5 Å². The predicted octanol–water partition coefficient (Wildman–Crippen LogP) is 1.13. The SMILES string of the molecule is NC(=O)C1CCCCN1c1nc(Cl)c(CO)s1. The molecule has 94 valence electrons. The summed E-state index contributed by atoms with van der Waals surface area (Å²) >= 11 is 7.20. The number of anilines is 1. The monoisotopic (exact) mass is 275 g/mol. The number of rotatable bonds is 3. The first-order valence-corrected chi connectivity index (χ1v) is 6.65. The smallest absolute Gasteiger partial charge is 0.240 e. The molecule has 0 bridgehead atoms. The lowest BCUT2D eigenvalue weighted by Crippen LogP contribution is -2.47. The Balaban J connectivity index is 2.26. The number of aliphatic hydroxyl groups is 1. The lowest BCUT2D eigenvalue weighted by Gasteiger charge is -2.33. The van der Waals surface area contributed by atoms with Crippen LogP contribution in [0, 0.1) is 0 Å². The van der Waals surface area contributed by atoms with Crippen molar-refractivity contribution < 1.29 is 9.90 Å². The highest BCUT2D eigenvalue weighted by Gasteiger charge is 2.29. The summed E-state index contributed by atoms with van der Waals surface area (Å²) in [7, 11) is 0. The standard InChI is InChI=1S/C10H14ClN3O2S/c11-8-7(5-15)17-10(13-8)14-4-2-1-3-6(14)9(12)16/h6,15H,1-5H2,(H2,12,16). The van der Waals surface area contributed by atoms with Crippen molar-refractivity contribution in [3.05, 3.63) is 10.0 Å². The van der Waals surface area contributed by atoms with E-state index in [4.69, 9.17) is 22.4 Å². The van der Waals surface area contributed by atoms with Crippen LogP contribution in [-0.4, -0.2) is 28.6 Å². The third kappa shape index (κ3) is 2.53. The second-order valence-corrected chi connectivity index (χ2v) is 5.40. The Kier molecular flexibility index (Phi) is 3.86. The molecule has 1 aliphatic rings. The number of thiazole rings is 1. The van der Waals surface area contributed by atoms with Gasteiger partial charge in [-0.2, -0.15) is 0 Å². The van der Waals surface area contributed by atoms with Crippen molar-refractivity contribution in [1.29, 1.82) is 0 Å². The van der Waals surface area contributed by atoms with E-state index < -0.39 is 0 Å². The Morgan fingerprint density at radius 2 is 2.41 bits per heavy atom. The molecule has 1 atom stereocenters. The van der Waals surface area contributed by atoms with Gasteiger partial charge in [-0.15, -0.1) is 0 Å². The lowest BCUT2D eigenvalue weighted by atomic mass is 10.0. The molecule has 3 N–H and O–H groups in total. The van der Waals surface area contributed by atoms with Crippen molar-refractivity contribution in [2.24, 2.45) is 5.73 Å². The maximum atomic E-state index is 11.4. The van der Waals surface area contributed by atoms with Crippen LogP contribution >= 0.6 is 22.9 Å². The third-order valence-corrected chi connectivity index (χ3v) is 4.36. The Morgan fingerprint density at radius 1 is 1.65 bits per heavy atom. The van der Waals surface area contributed by atoms with Gasteiger partial charge in [-0.25, -0.2) is 4.98 Å². The molecule has 17 heavy (non-hydrogen) atoms. The molecule has 1 unspecified atom stereocenters. The van der Waals surface area contributed by atoms with Gasteiger partial charge in [0.2, 0.25) is 5.91 Å². The maximum Gasteiger partial charge on any atom is 0.240 e. The zero-order valence-corrected chi connectivity index (χ0v) is 10.8. The van der Waals surface area contributed by atoms with Crippen LogP contribution in [0.5, 0.6) is 0 Å². The number of aliphatic hydroxyl groups excluding tert-OH is 1. The second kappa shape index (κ2) is 5.20. The van der Waals surface area contributed by atoms with E-state index in [9.17, 15) is 4.79 Å². The molecule has 1 amide bonds. The molecule has 2 heterocycles. The van der Waals surface area contributed by atoms with Crippen molar-refractivity contribution in [3.63, 3.8) is 0 Å². The molecule has 1 aromatic heterocycles. The Morgan fingerprint density at radius 3 is 3.00 bits per heavy atom. The number of halogens is 1. The van der Waals surface area contributed by atoms with Gasteiger partial charge >= 0.3 is 0 Å². The third-order valence-electron chi connectivity index (χ3n) is 2.86. The summed E-state index contributed by atoms with van der Waals surface area (Å²) < 4.78 is 0. The van der Waals surface area contributed by atoms with Gasteiger partial charge in [0.1, 0.15) is 11.2 Å². The first-order chi connectivity index (χ1) is 8.13. The van der Waals surface area contributed by atoms with Gasteiger partial charge in [0.05, 0.1) is 11.5 Å². The summed E-state index contributed by atoms with van der Waals surface area (Å²) in [4.78, 5) is 18.1. The molecule has 0 aliphatic carbocycles. The number of aromatic nitrogens is 1. The highest BCUT2D eigenvalue weighted by Crippen LogP contribution is 2.33. The van der Waals surface area contributed by atoms with E-state index in [-0.39, 0.29) is 18.6 Å². The van der Waals surface area contributed by atoms with Crippen LogP contribution in [0.1, 0.15) is 24.1 Å². The first-order valence-electron chi connectivity index (χ1n) is 5.45. The molecule has 0 saturated carbocycles. The van der Waals surface area contributed by atoms with Gasteiger partial charge in [-0.1, -0.05) is 22.9 Å². The van der Waals surface area contributed by atoms with E-state index in [1.54, 1.807) is 0 Å². The minimum atomic E-state index is -0.332. The Hall–Kier alpha value is -0.850. The van der Waals surface area contributed by atoms with Crippen molar-refractivity contribution in [2.75, 3.05) is 11.4 Å². The van der Waals surface area contributed by atoms with Gasteiger partial charge in [0, 0.05) is 6.54 Å². The fourth-order valence-electron chi connectivity index (χ4n) is 2.00. The molecule has 0 aromatic carbocycles. The molecule has 5 nitrogen and oxygen atoms in total. The van der Waals surface area contributed by atoms with Gasteiger partial charge in [-0.3, -0.25) is 4.79 Å². The van der Waals surface area contributed by atoms with Crippen LogP contribution in [0.15, 0.2) is 0 Å². The van der Waals surface area contributed by atoms with Gasteiger partial charge < -0.3 is 15.7 Å². The largest absolute Gasteiger partial charge is 0.391 e. The van der Waals surface area contributed by atoms with E-state index in [2.05, 4.69) is 4.98 Å². The second-order valence-electron chi connectivity index (χ2n) is 3.98. The fourth-order valence-corrected chi connectivity index (χ4v) is 3.19. The highest BCUT2D eigenvalue weighted by molar-refractivity contribution is 7.16. The number of carbonyl (C=O) groups excluding carboxylic acids is 1. The van der Waals surface area contributed by atoms with Crippen LogP contribution in [0.4, 0.5) is 5.13 Å². The maximum absolute atomic E-state index is 11.4. The average Bonchev–Trinajstić information content (AvgIpc) is 2.70. The first kappa shape index (κ1) is 12.6. The molecule has 1 saturated heterocycles. The Bertz CT molecular complexity index is 424. The fraction of sp³-hybridized carbons (Fsp3) is 0.600. The molecule has 0 radical (unpaired) electrons. The summed E-state index contributed by atoms with van der Waals surface area (Å²) in [6.07, 6.45) is 2.76. The zero-order valence-electron chi connectivity index (χ0n) is 9.23. The number of hydrogen-bond donors (Lipinski definition) is 2. The summed E-state index contributed by atoms with van der Waals surface area (Å²) in [5.41, 5.74) is 5.39. The molecule has 0 spiro atoms. The molecule has 2 rings (SSSR count). The van der Waals surface area contributed by atoms with E-state index in [1.165, 1.54) is 11.3 Å². The highest BCUT2D eigenvalue weighted by atomic mass is 35.5. The predicted molar refractivity (Wildman–Crippen MR) is 67.2 cm³/mol. The lowest BCUT2D eigenvalue weighted by molar-refractivity contribution is -0.119. The van der Waals surface area contributed by atoms with E-state index in [0.717, 1.165) is 25.8 Å². The molecule has 1 fully saturated rings. The van der Waals surface area contributed by atoms with Crippen molar-refractivity contribution in [3.8, 4) is 0 Å². The number of piperidine rings is 1. The summed E-state index contributed by atoms with van der Waals surface area (Å²) in [5, 5.41) is 10.1. The van der Waals surface area contributed by atoms with E-state index >= 15 is 0 Å². The van der Waals surface area contributed by atoms with Crippen LogP contribution in [0.3, 0.4) is 0 Å². The summed E-state index contributed by atoms with van der Waals surface area (Å²) in [6.45, 7) is 0.619.